The van der Waals surface area contributed by atoms with Gasteiger partial charge in [0.1, 0.15) is 0 Å². The minimum absolute atomic E-state index is 0.157. The molecule has 7 heteroatoms. The molecule has 0 aliphatic carbocycles. The van der Waals surface area contributed by atoms with E-state index in [0.29, 0.717) is 29.2 Å². The number of carbonyl (C=O) groups excluding carboxylic acids is 1. The van der Waals surface area contributed by atoms with Gasteiger partial charge in [0, 0.05) is 12.1 Å². The molecule has 0 saturated carbocycles. The van der Waals surface area contributed by atoms with Crippen LogP contribution in [0.4, 0.5) is 11.4 Å². The molecular weight excluding hydrogens is 450 g/mol. The van der Waals surface area contributed by atoms with Crippen molar-refractivity contribution < 1.29 is 4.79 Å². The molecule has 0 saturated heterocycles. The van der Waals surface area contributed by atoms with E-state index in [1.165, 1.54) is 4.68 Å². The minimum Gasteiger partial charge on any atom is -0.348 e. The molecule has 1 aromatic heterocycles. The van der Waals surface area contributed by atoms with Gasteiger partial charge in [-0.05, 0) is 29.8 Å². The molecule has 2 N–H and O–H groups in total. The molecule has 176 valence electrons. The highest BCUT2D eigenvalue weighted by atomic mass is 16.1. The number of benzene rings is 4. The van der Waals surface area contributed by atoms with Gasteiger partial charge in [-0.3, -0.25) is 14.7 Å². The number of aromatic nitrogens is 2. The summed E-state index contributed by atoms with van der Waals surface area (Å²) in [5.41, 5.74) is 3.57. The predicted octanol–water partition coefficient (Wildman–Crippen LogP) is 6.18. The zero-order chi connectivity index (χ0) is 24.7. The smallest absolute Gasteiger partial charge is 0.299 e. The van der Waals surface area contributed by atoms with Crippen LogP contribution in [0.5, 0.6) is 0 Å². The maximum absolute atomic E-state index is 13.4. The summed E-state index contributed by atoms with van der Waals surface area (Å²) in [5, 5.41) is 14.8. The van der Waals surface area contributed by atoms with Crippen LogP contribution in [-0.4, -0.2) is 15.7 Å². The summed E-state index contributed by atoms with van der Waals surface area (Å²) in [4.78, 5) is 26.3. The number of para-hydroxylation sites is 1. The Labute approximate surface area is 207 Å². The number of hydrogen-bond acceptors (Lipinski definition) is 4. The second kappa shape index (κ2) is 10.5. The molecule has 0 unspecified atom stereocenters. The number of H-pyrrole nitrogens is 1. The lowest BCUT2D eigenvalue weighted by Crippen LogP contribution is -2.22. The second-order valence-electron chi connectivity index (χ2n) is 8.06. The van der Waals surface area contributed by atoms with E-state index in [-0.39, 0.29) is 17.2 Å². The van der Waals surface area contributed by atoms with Crippen LogP contribution in [-0.2, 0) is 6.54 Å². The van der Waals surface area contributed by atoms with Gasteiger partial charge in [-0.1, -0.05) is 91.0 Å². The van der Waals surface area contributed by atoms with Crippen LogP contribution in [0.1, 0.15) is 15.9 Å². The van der Waals surface area contributed by atoms with Gasteiger partial charge in [0.2, 0.25) is 0 Å². The van der Waals surface area contributed by atoms with Crippen LogP contribution in [0.3, 0.4) is 0 Å². The fourth-order valence-corrected chi connectivity index (χ4v) is 3.82. The molecule has 4 aromatic carbocycles. The summed E-state index contributed by atoms with van der Waals surface area (Å²) >= 11 is 0. The number of nitrogens with one attached hydrogen (secondary N) is 2. The van der Waals surface area contributed by atoms with Crippen molar-refractivity contribution >= 4 is 17.3 Å². The third-order valence-electron chi connectivity index (χ3n) is 5.65. The fraction of sp³-hybridized carbons (Fsp3) is 0.0345. The first-order valence-corrected chi connectivity index (χ1v) is 11.5. The third-order valence-corrected chi connectivity index (χ3v) is 5.65. The molecule has 0 bridgehead atoms. The van der Waals surface area contributed by atoms with Gasteiger partial charge < -0.3 is 5.32 Å². The van der Waals surface area contributed by atoms with E-state index in [4.69, 9.17) is 0 Å². The standard InChI is InChI=1S/C29H23N5O2/c35-28(30-20-21-12-4-1-5-13-21)24-18-10-11-19-25(24)31-32-27-26(22-14-6-2-7-15-22)33-34(29(27)36)23-16-8-3-9-17-23/h1-19,33H,20H2,(H,30,35). The Morgan fingerprint density at radius 3 is 2.08 bits per heavy atom. The van der Waals surface area contributed by atoms with Crippen LogP contribution in [0, 0.1) is 0 Å². The first-order valence-electron chi connectivity index (χ1n) is 11.5. The van der Waals surface area contributed by atoms with Crippen LogP contribution in [0.25, 0.3) is 16.9 Å². The number of nitrogens with zero attached hydrogens (tertiary/aromatic N) is 3. The van der Waals surface area contributed by atoms with E-state index < -0.39 is 0 Å². The Hall–Kier alpha value is -5.04. The minimum atomic E-state index is -0.338. The summed E-state index contributed by atoms with van der Waals surface area (Å²) in [6.07, 6.45) is 0. The van der Waals surface area contributed by atoms with E-state index in [1.54, 1.807) is 24.3 Å². The average molecular weight is 474 g/mol. The van der Waals surface area contributed by atoms with Crippen molar-refractivity contribution in [2.75, 3.05) is 0 Å². The maximum Gasteiger partial charge on any atom is 0.299 e. The monoisotopic (exact) mass is 473 g/mol. The SMILES string of the molecule is O=C(NCc1ccccc1)c1ccccc1N=Nc1c(-c2ccccc2)[nH]n(-c2ccccc2)c1=O. The normalized spacial score (nSPS) is 11.0. The highest BCUT2D eigenvalue weighted by Crippen LogP contribution is 2.29. The predicted molar refractivity (Wildman–Crippen MR) is 140 cm³/mol. The second-order valence-corrected chi connectivity index (χ2v) is 8.06. The van der Waals surface area contributed by atoms with Crippen LogP contribution in [0.2, 0.25) is 0 Å². The highest BCUT2D eigenvalue weighted by molar-refractivity contribution is 5.98. The first kappa shape index (κ1) is 22.7. The molecule has 0 radical (unpaired) electrons. The Morgan fingerprint density at radius 2 is 1.36 bits per heavy atom. The molecule has 0 spiro atoms. The van der Waals surface area contributed by atoms with Crippen molar-refractivity contribution in [3.05, 3.63) is 137 Å². The molecule has 0 atom stereocenters. The Morgan fingerprint density at radius 1 is 0.750 bits per heavy atom. The van der Waals surface area contributed by atoms with Crippen molar-refractivity contribution in [1.82, 2.24) is 15.1 Å². The zero-order valence-corrected chi connectivity index (χ0v) is 19.3. The van der Waals surface area contributed by atoms with Crippen molar-refractivity contribution in [2.45, 2.75) is 6.54 Å². The maximum atomic E-state index is 13.4. The lowest BCUT2D eigenvalue weighted by atomic mass is 10.1. The van der Waals surface area contributed by atoms with Gasteiger partial charge in [-0.25, -0.2) is 4.68 Å². The molecule has 0 aliphatic heterocycles. The first-order chi connectivity index (χ1) is 17.7. The van der Waals surface area contributed by atoms with Crippen LogP contribution >= 0.6 is 0 Å². The van der Waals surface area contributed by atoms with Gasteiger partial charge in [0.25, 0.3) is 11.5 Å². The van der Waals surface area contributed by atoms with Crippen molar-refractivity contribution in [1.29, 1.82) is 0 Å². The molecule has 7 nitrogen and oxygen atoms in total. The van der Waals surface area contributed by atoms with E-state index in [2.05, 4.69) is 20.6 Å². The van der Waals surface area contributed by atoms with Crippen LogP contribution < -0.4 is 10.9 Å². The summed E-state index contributed by atoms with van der Waals surface area (Å²) in [5.74, 6) is -0.271. The van der Waals surface area contributed by atoms with E-state index in [9.17, 15) is 9.59 Å². The molecular formula is C29H23N5O2. The number of carbonyl (C=O) groups is 1. The summed E-state index contributed by atoms with van der Waals surface area (Å²) < 4.78 is 1.44. The number of aromatic amines is 1. The van der Waals surface area contributed by atoms with Gasteiger partial charge >= 0.3 is 0 Å². The molecule has 0 fully saturated rings. The molecule has 36 heavy (non-hydrogen) atoms. The lowest BCUT2D eigenvalue weighted by Gasteiger charge is -2.07. The Bertz CT molecular complexity index is 1560. The molecule has 5 rings (SSSR count). The van der Waals surface area contributed by atoms with E-state index in [0.717, 1.165) is 11.1 Å². The average Bonchev–Trinajstić information content (AvgIpc) is 3.28. The highest BCUT2D eigenvalue weighted by Gasteiger charge is 2.17. The Balaban J connectivity index is 1.50. The number of azo groups is 1. The summed E-state index contributed by atoms with van der Waals surface area (Å²) in [6, 6.07) is 35.3. The molecule has 0 aliphatic rings. The van der Waals surface area contributed by atoms with Crippen molar-refractivity contribution in [2.24, 2.45) is 10.2 Å². The van der Waals surface area contributed by atoms with Gasteiger partial charge in [0.15, 0.2) is 5.69 Å². The van der Waals surface area contributed by atoms with E-state index in [1.807, 2.05) is 91.0 Å². The van der Waals surface area contributed by atoms with Gasteiger partial charge in [-0.15, -0.1) is 10.2 Å². The van der Waals surface area contributed by atoms with Gasteiger partial charge in [-0.2, -0.15) is 0 Å². The van der Waals surface area contributed by atoms with Crippen molar-refractivity contribution in [3.8, 4) is 16.9 Å². The third kappa shape index (κ3) is 4.90. The molecule has 1 heterocycles. The summed E-state index contributed by atoms with van der Waals surface area (Å²) in [7, 11) is 0. The molecule has 1 amide bonds. The summed E-state index contributed by atoms with van der Waals surface area (Å²) in [6.45, 7) is 0.392. The van der Waals surface area contributed by atoms with Crippen LogP contribution in [0.15, 0.2) is 130 Å². The number of hydrogen-bond donors (Lipinski definition) is 2. The molecule has 5 aromatic rings. The topological polar surface area (TPSA) is 91.6 Å². The number of amides is 1. The largest absolute Gasteiger partial charge is 0.348 e. The zero-order valence-electron chi connectivity index (χ0n) is 19.3. The number of rotatable bonds is 7. The van der Waals surface area contributed by atoms with Crippen molar-refractivity contribution in [3.63, 3.8) is 0 Å². The quantitative estimate of drug-likeness (QED) is 0.276. The fourth-order valence-electron chi connectivity index (χ4n) is 3.82. The Kier molecular flexibility index (Phi) is 6.62. The lowest BCUT2D eigenvalue weighted by molar-refractivity contribution is 0.0951. The van der Waals surface area contributed by atoms with E-state index >= 15 is 0 Å². The van der Waals surface area contributed by atoms with Gasteiger partial charge in [0.05, 0.1) is 22.6 Å².